The van der Waals surface area contributed by atoms with Gasteiger partial charge in [0.05, 0.1) is 18.5 Å². The third-order valence-corrected chi connectivity index (χ3v) is 7.69. The standard InChI is InChI=1S/C24H26ClN3O3S/c1-4-28-13-16(15(2)26-28)12-27-8-7-23(32-24-9-17(29-3)5-6-20(24)27)18-10-21-22(11-19(18)25)31-14-30-21/h5-6,9-11,13,23H,4,7-8,12,14H2,1-3H3. The number of hydrogen-bond acceptors (Lipinski definition) is 6. The van der Waals surface area contributed by atoms with Gasteiger partial charge in [-0.1, -0.05) is 11.6 Å². The van der Waals surface area contributed by atoms with Crippen LogP contribution in [-0.2, 0) is 13.1 Å². The molecule has 0 fully saturated rings. The Morgan fingerprint density at radius 2 is 2.03 bits per heavy atom. The number of thioether (sulfide) groups is 1. The number of aryl methyl sites for hydroxylation is 2. The molecule has 3 heterocycles. The number of anilines is 1. The van der Waals surface area contributed by atoms with Gasteiger partial charge < -0.3 is 19.1 Å². The van der Waals surface area contributed by atoms with Gasteiger partial charge in [-0.2, -0.15) is 5.10 Å². The summed E-state index contributed by atoms with van der Waals surface area (Å²) >= 11 is 8.51. The number of nitrogens with zero attached hydrogens (tertiary/aromatic N) is 3. The lowest BCUT2D eigenvalue weighted by Crippen LogP contribution is -2.24. The molecule has 3 aromatic rings. The van der Waals surface area contributed by atoms with Crippen molar-refractivity contribution in [1.82, 2.24) is 9.78 Å². The highest BCUT2D eigenvalue weighted by molar-refractivity contribution is 7.99. The van der Waals surface area contributed by atoms with E-state index in [1.165, 1.54) is 16.1 Å². The fraction of sp³-hybridized carbons (Fsp3) is 0.375. The molecule has 0 amide bonds. The minimum Gasteiger partial charge on any atom is -0.497 e. The van der Waals surface area contributed by atoms with E-state index in [-0.39, 0.29) is 12.0 Å². The van der Waals surface area contributed by atoms with E-state index < -0.39 is 0 Å². The van der Waals surface area contributed by atoms with Crippen molar-refractivity contribution >= 4 is 29.1 Å². The Morgan fingerprint density at radius 3 is 2.78 bits per heavy atom. The molecule has 2 aliphatic heterocycles. The Hall–Kier alpha value is -2.51. The molecule has 0 aliphatic carbocycles. The normalized spacial score (nSPS) is 17.2. The maximum atomic E-state index is 6.69. The molecular formula is C24H26ClN3O3S. The highest BCUT2D eigenvalue weighted by Crippen LogP contribution is 2.50. The summed E-state index contributed by atoms with van der Waals surface area (Å²) < 4.78 is 18.6. The number of rotatable bonds is 5. The molecule has 0 radical (unpaired) electrons. The van der Waals surface area contributed by atoms with Crippen LogP contribution in [0.15, 0.2) is 41.4 Å². The summed E-state index contributed by atoms with van der Waals surface area (Å²) in [6.07, 6.45) is 3.10. The second-order valence-corrected chi connectivity index (χ2v) is 9.62. The minimum atomic E-state index is 0.187. The third-order valence-electron chi connectivity index (χ3n) is 6.01. The van der Waals surface area contributed by atoms with Crippen LogP contribution in [0.3, 0.4) is 0 Å². The van der Waals surface area contributed by atoms with Crippen molar-refractivity contribution in [3.63, 3.8) is 0 Å². The van der Waals surface area contributed by atoms with Crippen LogP contribution < -0.4 is 19.1 Å². The van der Waals surface area contributed by atoms with Crippen LogP contribution in [0.5, 0.6) is 17.2 Å². The predicted octanol–water partition coefficient (Wildman–Crippen LogP) is 5.85. The van der Waals surface area contributed by atoms with Crippen LogP contribution in [0.4, 0.5) is 5.69 Å². The number of methoxy groups -OCH3 is 1. The SMILES string of the molecule is CCn1cc(CN2CCC(c3cc4c(cc3Cl)OCO4)Sc3cc(OC)ccc32)c(C)n1. The number of benzene rings is 2. The summed E-state index contributed by atoms with van der Waals surface area (Å²) in [6.45, 7) is 7.02. The molecule has 1 aromatic heterocycles. The molecule has 0 saturated carbocycles. The molecule has 6 nitrogen and oxygen atoms in total. The Morgan fingerprint density at radius 1 is 1.22 bits per heavy atom. The van der Waals surface area contributed by atoms with E-state index in [0.29, 0.717) is 10.8 Å². The molecule has 0 N–H and O–H groups in total. The van der Waals surface area contributed by atoms with Gasteiger partial charge in [0.1, 0.15) is 5.75 Å². The summed E-state index contributed by atoms with van der Waals surface area (Å²) in [6, 6.07) is 10.2. The van der Waals surface area contributed by atoms with Gasteiger partial charge in [-0.15, -0.1) is 11.8 Å². The monoisotopic (exact) mass is 471 g/mol. The summed E-state index contributed by atoms with van der Waals surface area (Å²) in [4.78, 5) is 3.62. The summed E-state index contributed by atoms with van der Waals surface area (Å²) in [5, 5.41) is 5.53. The van der Waals surface area contributed by atoms with Gasteiger partial charge in [-0.05, 0) is 50.1 Å². The van der Waals surface area contributed by atoms with Gasteiger partial charge in [0.2, 0.25) is 6.79 Å². The number of hydrogen-bond donors (Lipinski definition) is 0. The topological polar surface area (TPSA) is 48.8 Å². The molecule has 0 saturated heterocycles. The fourth-order valence-corrected chi connectivity index (χ4v) is 5.93. The number of halogens is 1. The Balaban J connectivity index is 1.50. The molecule has 2 aromatic carbocycles. The van der Waals surface area contributed by atoms with Crippen molar-refractivity contribution in [3.05, 3.63) is 58.4 Å². The highest BCUT2D eigenvalue weighted by Gasteiger charge is 2.28. The molecule has 0 bridgehead atoms. The van der Waals surface area contributed by atoms with Crippen molar-refractivity contribution in [2.45, 2.75) is 43.5 Å². The van der Waals surface area contributed by atoms with Crippen molar-refractivity contribution in [2.75, 3.05) is 25.3 Å². The van der Waals surface area contributed by atoms with Crippen molar-refractivity contribution < 1.29 is 14.2 Å². The maximum absolute atomic E-state index is 6.69. The first-order valence-electron chi connectivity index (χ1n) is 10.8. The first kappa shape index (κ1) is 21.3. The maximum Gasteiger partial charge on any atom is 0.231 e. The number of ether oxygens (including phenoxy) is 3. The quantitative estimate of drug-likeness (QED) is 0.465. The second kappa shape index (κ2) is 8.79. The largest absolute Gasteiger partial charge is 0.497 e. The van der Waals surface area contributed by atoms with Crippen LogP contribution in [0.2, 0.25) is 5.02 Å². The Bertz CT molecular complexity index is 1150. The average molecular weight is 472 g/mol. The van der Waals surface area contributed by atoms with E-state index in [1.807, 2.05) is 34.6 Å². The van der Waals surface area contributed by atoms with Crippen LogP contribution >= 0.6 is 23.4 Å². The van der Waals surface area contributed by atoms with Crippen molar-refractivity contribution in [3.8, 4) is 17.2 Å². The minimum absolute atomic E-state index is 0.187. The first-order valence-corrected chi connectivity index (χ1v) is 12.0. The van der Waals surface area contributed by atoms with E-state index in [9.17, 15) is 0 Å². The smallest absolute Gasteiger partial charge is 0.231 e. The Kier molecular flexibility index (Phi) is 5.86. The first-order chi connectivity index (χ1) is 15.6. The molecule has 8 heteroatoms. The molecule has 2 aliphatic rings. The van der Waals surface area contributed by atoms with Gasteiger partial charge in [0.15, 0.2) is 11.5 Å². The lowest BCUT2D eigenvalue weighted by Gasteiger charge is -2.24. The van der Waals surface area contributed by atoms with Gasteiger partial charge in [-0.3, -0.25) is 4.68 Å². The zero-order valence-electron chi connectivity index (χ0n) is 18.4. The van der Waals surface area contributed by atoms with Crippen molar-refractivity contribution in [1.29, 1.82) is 0 Å². The summed E-state index contributed by atoms with van der Waals surface area (Å²) in [5.41, 5.74) is 4.61. The molecule has 0 spiro atoms. The lowest BCUT2D eigenvalue weighted by atomic mass is 10.1. The molecule has 5 rings (SSSR count). The highest BCUT2D eigenvalue weighted by atomic mass is 35.5. The van der Waals surface area contributed by atoms with Crippen LogP contribution in [0, 0.1) is 6.92 Å². The van der Waals surface area contributed by atoms with E-state index in [0.717, 1.165) is 48.8 Å². The van der Waals surface area contributed by atoms with Gasteiger partial charge in [0.25, 0.3) is 0 Å². The van der Waals surface area contributed by atoms with Crippen molar-refractivity contribution in [2.24, 2.45) is 0 Å². The molecule has 1 unspecified atom stereocenters. The molecule has 1 atom stereocenters. The zero-order chi connectivity index (χ0) is 22.2. The van der Waals surface area contributed by atoms with E-state index in [1.54, 1.807) is 7.11 Å². The van der Waals surface area contributed by atoms with E-state index >= 15 is 0 Å². The fourth-order valence-electron chi connectivity index (χ4n) is 4.23. The lowest BCUT2D eigenvalue weighted by molar-refractivity contribution is 0.174. The zero-order valence-corrected chi connectivity index (χ0v) is 20.0. The Labute approximate surface area is 197 Å². The summed E-state index contributed by atoms with van der Waals surface area (Å²) in [7, 11) is 1.70. The van der Waals surface area contributed by atoms with Crippen LogP contribution in [0.1, 0.15) is 35.4 Å². The molecule has 32 heavy (non-hydrogen) atoms. The third kappa shape index (κ3) is 3.99. The predicted molar refractivity (Wildman–Crippen MR) is 127 cm³/mol. The molecule has 168 valence electrons. The number of fused-ring (bicyclic) bond motifs is 2. The second-order valence-electron chi connectivity index (χ2n) is 7.97. The van der Waals surface area contributed by atoms with E-state index in [4.69, 9.17) is 25.8 Å². The average Bonchev–Trinajstić information content (AvgIpc) is 3.35. The van der Waals surface area contributed by atoms with Crippen LogP contribution in [-0.4, -0.2) is 30.2 Å². The molecular weight excluding hydrogens is 446 g/mol. The van der Waals surface area contributed by atoms with Gasteiger partial charge in [-0.25, -0.2) is 0 Å². The van der Waals surface area contributed by atoms with Crippen LogP contribution in [0.25, 0.3) is 0 Å². The number of aromatic nitrogens is 2. The summed E-state index contributed by atoms with van der Waals surface area (Å²) in [5.74, 6) is 2.33. The van der Waals surface area contributed by atoms with Gasteiger partial charge in [0, 0.05) is 52.6 Å². The van der Waals surface area contributed by atoms with E-state index in [2.05, 4.69) is 42.2 Å². The van der Waals surface area contributed by atoms with Gasteiger partial charge >= 0.3 is 0 Å².